The Morgan fingerprint density at radius 3 is 2.05 bits per heavy atom. The first-order valence-corrected chi connectivity index (χ1v) is 9.25. The fourth-order valence-corrected chi connectivity index (χ4v) is 3.62. The van der Waals surface area contributed by atoms with E-state index in [-0.39, 0.29) is 0 Å². The topological polar surface area (TPSA) is 15.3 Å². The number of rotatable bonds is 11. The molecule has 1 fully saturated rings. The lowest BCUT2D eigenvalue weighted by atomic mass is 9.88. The van der Waals surface area contributed by atoms with Crippen molar-refractivity contribution in [2.24, 2.45) is 0 Å². The van der Waals surface area contributed by atoms with Gasteiger partial charge in [-0.2, -0.15) is 0 Å². The lowest BCUT2D eigenvalue weighted by molar-refractivity contribution is 0.0505. The fourth-order valence-electron chi connectivity index (χ4n) is 3.62. The third kappa shape index (κ3) is 5.73. The monoisotopic (exact) mass is 282 g/mol. The van der Waals surface area contributed by atoms with Crippen molar-refractivity contribution in [2.45, 2.75) is 90.5 Å². The average molecular weight is 283 g/mol. The molecule has 0 aliphatic carbocycles. The summed E-state index contributed by atoms with van der Waals surface area (Å²) >= 11 is 0. The van der Waals surface area contributed by atoms with Crippen molar-refractivity contribution in [3.63, 3.8) is 0 Å². The Labute approximate surface area is 127 Å². The molecule has 2 heteroatoms. The van der Waals surface area contributed by atoms with Crippen LogP contribution in [0.1, 0.15) is 85.0 Å². The highest BCUT2D eigenvalue weighted by atomic mass is 15.3. The van der Waals surface area contributed by atoms with Gasteiger partial charge in [0.05, 0.1) is 0 Å². The van der Waals surface area contributed by atoms with E-state index in [2.05, 4.69) is 31.0 Å². The molecule has 0 atom stereocenters. The van der Waals surface area contributed by atoms with Crippen LogP contribution in [0.15, 0.2) is 0 Å². The van der Waals surface area contributed by atoms with E-state index >= 15 is 0 Å². The highest BCUT2D eigenvalue weighted by Crippen LogP contribution is 2.26. The van der Waals surface area contributed by atoms with E-state index in [1.807, 2.05) is 0 Å². The molecule has 0 aromatic carbocycles. The van der Waals surface area contributed by atoms with E-state index in [4.69, 9.17) is 0 Å². The van der Waals surface area contributed by atoms with Crippen LogP contribution in [-0.2, 0) is 0 Å². The highest BCUT2D eigenvalue weighted by Gasteiger charge is 2.34. The second kappa shape index (κ2) is 10.6. The van der Waals surface area contributed by atoms with Crippen LogP contribution in [0.25, 0.3) is 0 Å². The molecule has 2 nitrogen and oxygen atoms in total. The summed E-state index contributed by atoms with van der Waals surface area (Å²) in [6.07, 6.45) is 14.0. The molecule has 120 valence electrons. The normalized spacial score (nSPS) is 19.4. The van der Waals surface area contributed by atoms with Gasteiger partial charge in [0, 0.05) is 25.2 Å². The number of nitrogens with zero attached hydrogens (tertiary/aromatic N) is 1. The van der Waals surface area contributed by atoms with Gasteiger partial charge in [-0.1, -0.05) is 65.7 Å². The smallest absolute Gasteiger partial charge is 0.0329 e. The van der Waals surface area contributed by atoms with Crippen LogP contribution >= 0.6 is 0 Å². The molecule has 1 aliphatic heterocycles. The summed E-state index contributed by atoms with van der Waals surface area (Å²) in [5, 5.41) is 3.60. The van der Waals surface area contributed by atoms with Crippen LogP contribution in [0.3, 0.4) is 0 Å². The minimum atomic E-state index is 0.444. The third-order valence-corrected chi connectivity index (χ3v) is 5.28. The van der Waals surface area contributed by atoms with Crippen LogP contribution in [-0.4, -0.2) is 36.6 Å². The van der Waals surface area contributed by atoms with E-state index in [0.717, 1.165) is 0 Å². The molecule has 0 unspecified atom stereocenters. The van der Waals surface area contributed by atoms with E-state index in [1.54, 1.807) is 0 Å². The van der Waals surface area contributed by atoms with E-state index in [9.17, 15) is 0 Å². The van der Waals surface area contributed by atoms with Gasteiger partial charge in [0.15, 0.2) is 0 Å². The quantitative estimate of drug-likeness (QED) is 0.558. The first-order chi connectivity index (χ1) is 9.79. The van der Waals surface area contributed by atoms with Crippen LogP contribution < -0.4 is 5.32 Å². The molecule has 0 bridgehead atoms. The van der Waals surface area contributed by atoms with Crippen LogP contribution in [0.4, 0.5) is 0 Å². The Hall–Kier alpha value is -0.0800. The maximum Gasteiger partial charge on any atom is 0.0329 e. The third-order valence-electron chi connectivity index (χ3n) is 5.28. The molecular weight excluding hydrogens is 244 g/mol. The molecule has 1 saturated heterocycles. The molecule has 0 aromatic rings. The minimum Gasteiger partial charge on any atom is -0.314 e. The number of piperazine rings is 1. The van der Waals surface area contributed by atoms with Crippen molar-refractivity contribution in [3.8, 4) is 0 Å². The largest absolute Gasteiger partial charge is 0.314 e. The summed E-state index contributed by atoms with van der Waals surface area (Å²) in [4.78, 5) is 2.78. The second-order valence-corrected chi connectivity index (χ2v) is 6.57. The predicted octanol–water partition coefficient (Wildman–Crippen LogP) is 4.59. The van der Waals surface area contributed by atoms with Crippen LogP contribution in [0.5, 0.6) is 0 Å². The number of hydrogen-bond acceptors (Lipinski definition) is 2. The number of hydrogen-bond donors (Lipinski definition) is 1. The maximum atomic E-state index is 3.60. The number of nitrogens with one attached hydrogen (secondary N) is 1. The Balaban J connectivity index is 2.13. The van der Waals surface area contributed by atoms with Gasteiger partial charge in [-0.05, 0) is 25.8 Å². The molecule has 0 amide bonds. The highest BCUT2D eigenvalue weighted by molar-refractivity contribution is 4.93. The van der Waals surface area contributed by atoms with Crippen molar-refractivity contribution in [1.82, 2.24) is 10.2 Å². The minimum absolute atomic E-state index is 0.444. The first kappa shape index (κ1) is 18.0. The number of unbranched alkanes of at least 4 members (excludes halogenated alkanes) is 7. The lowest BCUT2D eigenvalue weighted by Gasteiger charge is -2.47. The fraction of sp³-hybridized carbons (Fsp3) is 1.00. The van der Waals surface area contributed by atoms with E-state index in [1.165, 1.54) is 90.4 Å². The van der Waals surface area contributed by atoms with Gasteiger partial charge in [-0.25, -0.2) is 0 Å². The molecule has 20 heavy (non-hydrogen) atoms. The van der Waals surface area contributed by atoms with Gasteiger partial charge in [0.2, 0.25) is 0 Å². The van der Waals surface area contributed by atoms with Crippen molar-refractivity contribution >= 4 is 0 Å². The average Bonchev–Trinajstić information content (AvgIpc) is 2.50. The molecule has 1 rings (SSSR count). The van der Waals surface area contributed by atoms with Gasteiger partial charge in [-0.15, -0.1) is 0 Å². The standard InChI is InChI=1S/C18H38N2/c1-4-7-8-9-10-11-12-13-15-20-16-14-19-17-18(20,5-2)6-3/h19H,4-17H2,1-3H3. The Morgan fingerprint density at radius 1 is 0.850 bits per heavy atom. The summed E-state index contributed by atoms with van der Waals surface area (Å²) in [7, 11) is 0. The first-order valence-electron chi connectivity index (χ1n) is 9.25. The molecule has 0 spiro atoms. The molecule has 1 N–H and O–H groups in total. The summed E-state index contributed by atoms with van der Waals surface area (Å²) in [6.45, 7) is 11.9. The zero-order valence-corrected chi connectivity index (χ0v) is 14.3. The predicted molar refractivity (Wildman–Crippen MR) is 90.4 cm³/mol. The van der Waals surface area contributed by atoms with Gasteiger partial charge in [-0.3, -0.25) is 4.90 Å². The maximum absolute atomic E-state index is 3.60. The van der Waals surface area contributed by atoms with Crippen molar-refractivity contribution < 1.29 is 0 Å². The summed E-state index contributed by atoms with van der Waals surface area (Å²) < 4.78 is 0. The molecule has 0 aromatic heterocycles. The molecule has 1 heterocycles. The van der Waals surface area contributed by atoms with Crippen molar-refractivity contribution in [1.29, 1.82) is 0 Å². The Morgan fingerprint density at radius 2 is 1.45 bits per heavy atom. The molecule has 1 aliphatic rings. The zero-order chi connectivity index (χ0) is 14.7. The van der Waals surface area contributed by atoms with E-state index < -0.39 is 0 Å². The molecule has 0 radical (unpaired) electrons. The Kier molecular flexibility index (Phi) is 9.54. The van der Waals surface area contributed by atoms with Crippen molar-refractivity contribution in [2.75, 3.05) is 26.2 Å². The van der Waals surface area contributed by atoms with Gasteiger partial charge >= 0.3 is 0 Å². The van der Waals surface area contributed by atoms with Gasteiger partial charge in [0.1, 0.15) is 0 Å². The molecular formula is C18H38N2. The Bertz CT molecular complexity index is 223. The van der Waals surface area contributed by atoms with Gasteiger partial charge < -0.3 is 5.32 Å². The van der Waals surface area contributed by atoms with Crippen molar-refractivity contribution in [3.05, 3.63) is 0 Å². The zero-order valence-electron chi connectivity index (χ0n) is 14.3. The second-order valence-electron chi connectivity index (χ2n) is 6.57. The molecule has 0 saturated carbocycles. The summed E-state index contributed by atoms with van der Waals surface area (Å²) in [6, 6.07) is 0. The van der Waals surface area contributed by atoms with Gasteiger partial charge in [0.25, 0.3) is 0 Å². The van der Waals surface area contributed by atoms with E-state index in [0.29, 0.717) is 5.54 Å². The van der Waals surface area contributed by atoms with Crippen LogP contribution in [0, 0.1) is 0 Å². The van der Waals surface area contributed by atoms with Crippen LogP contribution in [0.2, 0.25) is 0 Å². The SMILES string of the molecule is CCCCCCCCCCN1CCNCC1(CC)CC. The summed E-state index contributed by atoms with van der Waals surface area (Å²) in [5.41, 5.74) is 0.444. The summed E-state index contributed by atoms with van der Waals surface area (Å²) in [5.74, 6) is 0. The lowest BCUT2D eigenvalue weighted by Crippen LogP contribution is -2.60.